The molecule has 0 amide bonds. The Kier molecular flexibility index (Phi) is 7.42. The van der Waals surface area contributed by atoms with Gasteiger partial charge in [0.25, 0.3) is 0 Å². The van der Waals surface area contributed by atoms with E-state index < -0.39 is 0 Å². The second-order valence-corrected chi connectivity index (χ2v) is 9.26. The van der Waals surface area contributed by atoms with Gasteiger partial charge in [0.15, 0.2) is 0 Å². The van der Waals surface area contributed by atoms with Gasteiger partial charge in [-0.05, 0) is 28.5 Å². The molecule has 0 radical (unpaired) electrons. The van der Waals surface area contributed by atoms with E-state index in [9.17, 15) is 0 Å². The monoisotopic (exact) mass is 538 g/mol. The summed E-state index contributed by atoms with van der Waals surface area (Å²) in [5, 5.41) is 0.809. The van der Waals surface area contributed by atoms with Crippen molar-refractivity contribution in [2.75, 3.05) is 46.9 Å². The van der Waals surface area contributed by atoms with E-state index in [2.05, 4.69) is 32.7 Å². The van der Waals surface area contributed by atoms with Crippen molar-refractivity contribution in [3.63, 3.8) is 0 Å². The minimum absolute atomic E-state index is 0.404. The Bertz CT molecular complexity index is 1110. The number of nitrogens with zero attached hydrogens (tertiary/aromatic N) is 4. The molecule has 2 aromatic carbocycles. The summed E-state index contributed by atoms with van der Waals surface area (Å²) < 4.78 is 11.7. The summed E-state index contributed by atoms with van der Waals surface area (Å²) in [6.07, 6.45) is 1.84. The fourth-order valence-corrected chi connectivity index (χ4v) is 5.11. The normalized spacial score (nSPS) is 15.3. The number of aromatic nitrogens is 2. The molecule has 4 rings (SSSR count). The van der Waals surface area contributed by atoms with Crippen molar-refractivity contribution < 1.29 is 9.47 Å². The van der Waals surface area contributed by atoms with Crippen LogP contribution >= 0.6 is 39.1 Å². The van der Waals surface area contributed by atoms with E-state index in [1.165, 1.54) is 0 Å². The number of hydrogen-bond acceptors (Lipinski definition) is 6. The van der Waals surface area contributed by atoms with Crippen LogP contribution in [0.2, 0.25) is 10.0 Å². The molecule has 6 nitrogen and oxygen atoms in total. The van der Waals surface area contributed by atoms with Crippen molar-refractivity contribution in [1.29, 1.82) is 0 Å². The first kappa shape index (κ1) is 23.5. The Labute approximate surface area is 206 Å². The second kappa shape index (κ2) is 10.1. The number of benzene rings is 2. The lowest BCUT2D eigenvalue weighted by Gasteiger charge is -2.33. The van der Waals surface area contributed by atoms with E-state index in [1.54, 1.807) is 20.3 Å². The van der Waals surface area contributed by atoms with Gasteiger partial charge in [0.1, 0.15) is 17.0 Å². The number of ether oxygens (including phenoxy) is 2. The molecule has 0 bridgehead atoms. The molecule has 1 saturated heterocycles. The first-order chi connectivity index (χ1) is 15.5. The molecule has 1 aliphatic rings. The number of methoxy groups -OCH3 is 2. The van der Waals surface area contributed by atoms with Crippen LogP contribution in [0.1, 0.15) is 12.6 Å². The summed E-state index contributed by atoms with van der Waals surface area (Å²) in [4.78, 5) is 14.6. The number of fused-ring (bicyclic) bond motifs is 1. The third-order valence-corrected chi connectivity index (χ3v) is 7.23. The van der Waals surface area contributed by atoms with E-state index >= 15 is 0 Å². The minimum atomic E-state index is 0.404. The molecular formula is C23H25BrCl2N4O2. The maximum atomic E-state index is 6.67. The third kappa shape index (κ3) is 4.54. The van der Waals surface area contributed by atoms with Gasteiger partial charge >= 0.3 is 0 Å². The molecule has 9 heteroatoms. The smallest absolute Gasteiger partial charge is 0.141 e. The fourth-order valence-electron chi connectivity index (χ4n) is 4.00. The summed E-state index contributed by atoms with van der Waals surface area (Å²) in [6, 6.07) is 5.54. The molecule has 0 N–H and O–H groups in total. The molecule has 0 saturated carbocycles. The minimum Gasteiger partial charge on any atom is -0.495 e. The van der Waals surface area contributed by atoms with Gasteiger partial charge < -0.3 is 14.4 Å². The van der Waals surface area contributed by atoms with Gasteiger partial charge in [-0.25, -0.2) is 4.98 Å². The zero-order chi connectivity index (χ0) is 22.8. The van der Waals surface area contributed by atoms with E-state index in [-0.39, 0.29) is 0 Å². The van der Waals surface area contributed by atoms with Crippen molar-refractivity contribution in [3.05, 3.63) is 44.6 Å². The molecule has 2 heterocycles. The van der Waals surface area contributed by atoms with E-state index in [4.69, 9.17) is 42.6 Å². The molecular weight excluding hydrogens is 515 g/mol. The van der Waals surface area contributed by atoms with Crippen LogP contribution in [-0.2, 0) is 6.54 Å². The highest BCUT2D eigenvalue weighted by Crippen LogP contribution is 2.47. The van der Waals surface area contributed by atoms with Crippen molar-refractivity contribution in [3.8, 4) is 22.6 Å². The van der Waals surface area contributed by atoms with Gasteiger partial charge in [0.05, 0.1) is 41.7 Å². The molecule has 0 aliphatic carbocycles. The molecule has 0 spiro atoms. The van der Waals surface area contributed by atoms with Crippen LogP contribution in [0.25, 0.3) is 22.2 Å². The lowest BCUT2D eigenvalue weighted by molar-refractivity contribution is 0.131. The molecule has 3 aromatic rings. The number of halogens is 3. The standard InChI is InChI=1S/C23H25BrCl2N4O2/c1-4-29-7-9-30(10-8-29)13-14-12-27-22-15(5-6-16(24)23(22)28-14)19-20(25)17(31-2)11-18(32-3)21(19)26/h5-6,11-12H,4,7-10,13H2,1-3H3. The van der Waals surface area contributed by atoms with Crippen molar-refractivity contribution >= 4 is 50.2 Å². The summed E-state index contributed by atoms with van der Waals surface area (Å²) in [5.74, 6) is 0.963. The van der Waals surface area contributed by atoms with Crippen molar-refractivity contribution in [2.45, 2.75) is 13.5 Å². The van der Waals surface area contributed by atoms with Crippen LogP contribution in [0.3, 0.4) is 0 Å². The van der Waals surface area contributed by atoms with Gasteiger partial charge in [-0.1, -0.05) is 36.2 Å². The Balaban J connectivity index is 1.75. The molecule has 0 atom stereocenters. The highest BCUT2D eigenvalue weighted by molar-refractivity contribution is 9.10. The third-order valence-electron chi connectivity index (χ3n) is 5.84. The first-order valence-corrected chi connectivity index (χ1v) is 12.0. The van der Waals surface area contributed by atoms with Crippen LogP contribution in [-0.4, -0.2) is 66.7 Å². The molecule has 170 valence electrons. The average molecular weight is 540 g/mol. The van der Waals surface area contributed by atoms with E-state index in [0.717, 1.165) is 60.5 Å². The molecule has 1 fully saturated rings. The maximum absolute atomic E-state index is 6.67. The first-order valence-electron chi connectivity index (χ1n) is 10.5. The van der Waals surface area contributed by atoms with E-state index in [0.29, 0.717) is 32.6 Å². The number of piperazine rings is 1. The Morgan fingerprint density at radius 1 is 0.969 bits per heavy atom. The SMILES string of the molecule is CCN1CCN(Cc2cnc3c(-c4c(Cl)c(OC)cc(OC)c4Cl)ccc(Br)c3n2)CC1. The lowest BCUT2D eigenvalue weighted by Crippen LogP contribution is -2.45. The van der Waals surface area contributed by atoms with Crippen LogP contribution < -0.4 is 9.47 Å². The van der Waals surface area contributed by atoms with Gasteiger partial charge in [0.2, 0.25) is 0 Å². The Morgan fingerprint density at radius 2 is 1.59 bits per heavy atom. The lowest BCUT2D eigenvalue weighted by atomic mass is 10.0. The van der Waals surface area contributed by atoms with Crippen LogP contribution in [0, 0.1) is 0 Å². The summed E-state index contributed by atoms with van der Waals surface area (Å²) >= 11 is 17.0. The maximum Gasteiger partial charge on any atom is 0.141 e. The Hall–Kier alpha value is -1.64. The topological polar surface area (TPSA) is 50.7 Å². The van der Waals surface area contributed by atoms with Crippen LogP contribution in [0.4, 0.5) is 0 Å². The van der Waals surface area contributed by atoms with Gasteiger partial charge in [-0.2, -0.15) is 0 Å². The molecule has 1 aromatic heterocycles. The van der Waals surface area contributed by atoms with Gasteiger partial charge in [-0.3, -0.25) is 9.88 Å². The van der Waals surface area contributed by atoms with Crippen LogP contribution in [0.15, 0.2) is 28.9 Å². The summed E-state index contributed by atoms with van der Waals surface area (Å²) in [7, 11) is 3.12. The highest BCUT2D eigenvalue weighted by atomic mass is 79.9. The van der Waals surface area contributed by atoms with Crippen LogP contribution in [0.5, 0.6) is 11.5 Å². The second-order valence-electron chi connectivity index (χ2n) is 7.65. The van der Waals surface area contributed by atoms with Crippen molar-refractivity contribution in [1.82, 2.24) is 19.8 Å². The molecule has 1 aliphatic heterocycles. The predicted molar refractivity (Wildman–Crippen MR) is 133 cm³/mol. The van der Waals surface area contributed by atoms with E-state index in [1.807, 2.05) is 18.3 Å². The van der Waals surface area contributed by atoms with Crippen molar-refractivity contribution in [2.24, 2.45) is 0 Å². The number of rotatable bonds is 6. The van der Waals surface area contributed by atoms with Gasteiger partial charge in [0, 0.05) is 54.4 Å². The largest absolute Gasteiger partial charge is 0.495 e. The summed E-state index contributed by atoms with van der Waals surface area (Å²) in [6.45, 7) is 8.30. The average Bonchev–Trinajstić information content (AvgIpc) is 2.81. The predicted octanol–water partition coefficient (Wildman–Crippen LogP) is 5.52. The molecule has 32 heavy (non-hydrogen) atoms. The highest BCUT2D eigenvalue weighted by Gasteiger charge is 2.22. The quantitative estimate of drug-likeness (QED) is 0.411. The molecule has 0 unspecified atom stereocenters. The van der Waals surface area contributed by atoms with Gasteiger partial charge in [-0.15, -0.1) is 0 Å². The fraction of sp³-hybridized carbons (Fsp3) is 0.391. The zero-order valence-electron chi connectivity index (χ0n) is 18.3. The number of likely N-dealkylation sites (N-methyl/N-ethyl adjacent to an activating group) is 1. The zero-order valence-corrected chi connectivity index (χ0v) is 21.4. The summed E-state index contributed by atoms with van der Waals surface area (Å²) in [5.41, 5.74) is 3.78. The number of hydrogen-bond donors (Lipinski definition) is 0. The Morgan fingerprint density at radius 3 is 2.19 bits per heavy atom.